The zero-order valence-electron chi connectivity index (χ0n) is 7.78. The Hall–Kier alpha value is -1.25. The minimum absolute atomic E-state index is 0.570. The Labute approximate surface area is 80.2 Å². The lowest BCUT2D eigenvalue weighted by Crippen LogP contribution is -2.20. The third-order valence-electron chi connectivity index (χ3n) is 2.01. The monoisotopic (exact) mass is 189 g/mol. The van der Waals surface area contributed by atoms with Gasteiger partial charge < -0.3 is 0 Å². The second kappa shape index (κ2) is 4.69. The number of nitrogens with zero attached hydrogens (tertiary/aromatic N) is 3. The summed E-state index contributed by atoms with van der Waals surface area (Å²) in [7, 11) is 0.586. The molecule has 0 heterocycles. The quantitative estimate of drug-likeness (QED) is 0.302. The van der Waals surface area contributed by atoms with E-state index in [0.29, 0.717) is 15.7 Å². The smallest absolute Gasteiger partial charge is 0.0876 e. The van der Waals surface area contributed by atoms with Gasteiger partial charge in [0.25, 0.3) is 0 Å². The average Bonchev–Trinajstić information content (AvgIpc) is 2.13. The SMILES string of the molecule is Cc1cccc([Si]CN=[N+]=[N-])c1C. The Balaban J connectivity index is 2.76. The van der Waals surface area contributed by atoms with Crippen LogP contribution in [0.5, 0.6) is 0 Å². The van der Waals surface area contributed by atoms with Gasteiger partial charge in [0.1, 0.15) is 0 Å². The molecular weight excluding hydrogens is 178 g/mol. The minimum Gasteiger partial charge on any atom is -0.0970 e. The van der Waals surface area contributed by atoms with Crippen molar-refractivity contribution in [2.24, 2.45) is 5.11 Å². The predicted molar refractivity (Wildman–Crippen MR) is 55.3 cm³/mol. The molecule has 0 aliphatic carbocycles. The summed E-state index contributed by atoms with van der Waals surface area (Å²) >= 11 is 0. The Morgan fingerprint density at radius 3 is 2.92 bits per heavy atom. The first kappa shape index (κ1) is 9.83. The summed E-state index contributed by atoms with van der Waals surface area (Å²) in [5, 5.41) is 4.83. The summed E-state index contributed by atoms with van der Waals surface area (Å²) in [5.41, 5.74) is 10.7. The highest BCUT2D eigenvalue weighted by Gasteiger charge is 1.99. The first-order valence-electron chi connectivity index (χ1n) is 4.06. The number of benzene rings is 1. The van der Waals surface area contributed by atoms with Crippen LogP contribution in [0.2, 0.25) is 0 Å². The van der Waals surface area contributed by atoms with Crippen LogP contribution in [0.1, 0.15) is 11.1 Å². The molecule has 0 bridgehead atoms. The molecule has 0 fully saturated rings. The molecule has 4 heteroatoms. The fraction of sp³-hybridized carbons (Fsp3) is 0.333. The molecular formula is C9H11N3Si. The molecule has 0 aliphatic heterocycles. The first-order valence-corrected chi connectivity index (χ1v) is 5.27. The molecule has 1 aromatic carbocycles. The molecule has 0 spiro atoms. The summed E-state index contributed by atoms with van der Waals surface area (Å²) in [6.07, 6.45) is 0.570. The van der Waals surface area contributed by atoms with Gasteiger partial charge in [-0.3, -0.25) is 0 Å². The van der Waals surface area contributed by atoms with E-state index in [1.807, 2.05) is 6.07 Å². The summed E-state index contributed by atoms with van der Waals surface area (Å²) in [6.45, 7) is 4.20. The van der Waals surface area contributed by atoms with Crippen molar-refractivity contribution in [1.29, 1.82) is 0 Å². The molecule has 0 aromatic heterocycles. The maximum Gasteiger partial charge on any atom is 0.0876 e. The first-order chi connectivity index (χ1) is 6.25. The molecule has 0 atom stereocenters. The number of hydrogen-bond acceptors (Lipinski definition) is 1. The van der Waals surface area contributed by atoms with Crippen LogP contribution in [0.25, 0.3) is 10.4 Å². The number of azide groups is 1. The molecule has 2 radical (unpaired) electrons. The lowest BCUT2D eigenvalue weighted by Gasteiger charge is -2.05. The van der Waals surface area contributed by atoms with Gasteiger partial charge in [0.05, 0.1) is 9.52 Å². The highest BCUT2D eigenvalue weighted by molar-refractivity contribution is 6.54. The third kappa shape index (κ3) is 2.61. The van der Waals surface area contributed by atoms with Gasteiger partial charge >= 0.3 is 0 Å². The highest BCUT2D eigenvalue weighted by Crippen LogP contribution is 2.01. The van der Waals surface area contributed by atoms with Crippen molar-refractivity contribution >= 4 is 14.7 Å². The van der Waals surface area contributed by atoms with Crippen LogP contribution in [0.15, 0.2) is 23.3 Å². The minimum atomic E-state index is 0.570. The van der Waals surface area contributed by atoms with E-state index >= 15 is 0 Å². The van der Waals surface area contributed by atoms with Gasteiger partial charge in [-0.15, -0.1) is 0 Å². The van der Waals surface area contributed by atoms with Gasteiger partial charge in [-0.2, -0.15) is 0 Å². The van der Waals surface area contributed by atoms with Crippen LogP contribution in [0.3, 0.4) is 0 Å². The van der Waals surface area contributed by atoms with Crippen molar-refractivity contribution in [1.82, 2.24) is 0 Å². The van der Waals surface area contributed by atoms with E-state index in [-0.39, 0.29) is 0 Å². The van der Waals surface area contributed by atoms with E-state index in [2.05, 4.69) is 36.0 Å². The maximum atomic E-state index is 8.13. The lowest BCUT2D eigenvalue weighted by molar-refractivity contribution is 1.30. The number of aryl methyl sites for hydroxylation is 1. The number of rotatable bonds is 3. The van der Waals surface area contributed by atoms with E-state index < -0.39 is 0 Å². The van der Waals surface area contributed by atoms with Gasteiger partial charge in [0.15, 0.2) is 0 Å². The van der Waals surface area contributed by atoms with E-state index in [9.17, 15) is 0 Å². The number of hydrogen-bond donors (Lipinski definition) is 0. The Morgan fingerprint density at radius 1 is 1.46 bits per heavy atom. The summed E-state index contributed by atoms with van der Waals surface area (Å²) in [5.74, 6) is 0. The Bertz CT molecular complexity index is 343. The van der Waals surface area contributed by atoms with Gasteiger partial charge in [0.2, 0.25) is 0 Å². The van der Waals surface area contributed by atoms with Gasteiger partial charge in [-0.1, -0.05) is 28.5 Å². The topological polar surface area (TPSA) is 48.8 Å². The summed E-state index contributed by atoms with van der Waals surface area (Å²) in [4.78, 5) is 2.73. The van der Waals surface area contributed by atoms with Crippen LogP contribution in [-0.4, -0.2) is 15.7 Å². The van der Waals surface area contributed by atoms with Gasteiger partial charge in [-0.25, -0.2) is 0 Å². The third-order valence-corrected chi connectivity index (χ3v) is 3.23. The van der Waals surface area contributed by atoms with Crippen molar-refractivity contribution in [2.75, 3.05) is 6.17 Å². The Morgan fingerprint density at radius 2 is 2.23 bits per heavy atom. The van der Waals surface area contributed by atoms with Crippen LogP contribution >= 0.6 is 0 Å². The molecule has 0 amide bonds. The predicted octanol–water partition coefficient (Wildman–Crippen LogP) is 1.90. The second-order valence-corrected chi connectivity index (χ2v) is 4.02. The van der Waals surface area contributed by atoms with E-state index in [4.69, 9.17) is 5.53 Å². The van der Waals surface area contributed by atoms with Crippen LogP contribution in [0, 0.1) is 13.8 Å². The van der Waals surface area contributed by atoms with Crippen LogP contribution in [0.4, 0.5) is 0 Å². The van der Waals surface area contributed by atoms with Crippen molar-refractivity contribution in [3.8, 4) is 0 Å². The standard InChI is InChI=1S/C9H11N3Si/c1-7-4-3-5-9(8(7)2)13-6-11-12-10/h3-5H,6H2,1-2H3. The molecule has 0 saturated heterocycles. The van der Waals surface area contributed by atoms with Crippen molar-refractivity contribution in [3.63, 3.8) is 0 Å². The molecule has 1 aromatic rings. The van der Waals surface area contributed by atoms with Crippen molar-refractivity contribution in [3.05, 3.63) is 39.8 Å². The van der Waals surface area contributed by atoms with Crippen LogP contribution < -0.4 is 5.19 Å². The molecule has 0 saturated carbocycles. The molecule has 0 aliphatic rings. The molecule has 1 rings (SSSR count). The summed E-state index contributed by atoms with van der Waals surface area (Å²) in [6, 6.07) is 6.23. The normalized spacial score (nSPS) is 9.38. The zero-order valence-corrected chi connectivity index (χ0v) is 8.78. The zero-order chi connectivity index (χ0) is 9.68. The molecule has 66 valence electrons. The van der Waals surface area contributed by atoms with Crippen molar-refractivity contribution in [2.45, 2.75) is 13.8 Å². The van der Waals surface area contributed by atoms with Crippen molar-refractivity contribution < 1.29 is 0 Å². The largest absolute Gasteiger partial charge is 0.0970 e. The highest BCUT2D eigenvalue weighted by atomic mass is 28.2. The van der Waals surface area contributed by atoms with Gasteiger partial charge in [-0.05, 0) is 30.5 Å². The van der Waals surface area contributed by atoms with Crippen LogP contribution in [-0.2, 0) is 0 Å². The maximum absolute atomic E-state index is 8.13. The molecule has 0 N–H and O–H groups in total. The van der Waals surface area contributed by atoms with E-state index in [1.54, 1.807) is 0 Å². The van der Waals surface area contributed by atoms with Gasteiger partial charge in [0, 0.05) is 11.1 Å². The fourth-order valence-corrected chi connectivity index (χ4v) is 2.08. The van der Waals surface area contributed by atoms with E-state index in [1.165, 1.54) is 16.3 Å². The average molecular weight is 189 g/mol. The summed E-state index contributed by atoms with van der Waals surface area (Å²) < 4.78 is 0. The van der Waals surface area contributed by atoms with E-state index in [0.717, 1.165) is 0 Å². The molecule has 3 nitrogen and oxygen atoms in total. The molecule has 13 heavy (non-hydrogen) atoms. The molecule has 0 unspecified atom stereocenters. The lowest BCUT2D eigenvalue weighted by atomic mass is 10.1. The second-order valence-electron chi connectivity index (χ2n) is 2.81. The Kier molecular flexibility index (Phi) is 3.55. The fourth-order valence-electron chi connectivity index (χ4n) is 1.09.